The molecule has 1 saturated carbocycles. The van der Waals surface area contributed by atoms with Crippen molar-refractivity contribution in [3.05, 3.63) is 150 Å². The highest BCUT2D eigenvalue weighted by atomic mass is 15.3. The molecule has 6 aromatic carbocycles. The van der Waals surface area contributed by atoms with Crippen molar-refractivity contribution in [3.8, 4) is 16.9 Å². The van der Waals surface area contributed by atoms with E-state index in [0.29, 0.717) is 0 Å². The first-order chi connectivity index (χ1) is 27.4. The van der Waals surface area contributed by atoms with Gasteiger partial charge in [-0.05, 0) is 100 Å². The Hall–Kier alpha value is -5.48. The average molecular weight is 740 g/mol. The molecule has 12 rings (SSSR count). The van der Waals surface area contributed by atoms with Crippen molar-refractivity contribution < 1.29 is 0 Å². The first-order valence-corrected chi connectivity index (χ1v) is 21.3. The number of rotatable bonds is 3. The van der Waals surface area contributed by atoms with E-state index < -0.39 is 0 Å². The van der Waals surface area contributed by atoms with Crippen molar-refractivity contribution in [3.63, 3.8) is 0 Å². The Balaban J connectivity index is 1.28. The van der Waals surface area contributed by atoms with Crippen LogP contribution in [0, 0.1) is 0 Å². The highest BCUT2D eigenvalue weighted by molar-refractivity contribution is 7.00. The minimum absolute atomic E-state index is 0.0228. The lowest BCUT2D eigenvalue weighted by atomic mass is 9.33. The van der Waals surface area contributed by atoms with E-state index in [2.05, 4.69) is 190 Å². The van der Waals surface area contributed by atoms with Crippen molar-refractivity contribution in [2.24, 2.45) is 0 Å². The maximum atomic E-state index is 2.89. The second-order valence-corrected chi connectivity index (χ2v) is 19.7. The van der Waals surface area contributed by atoms with E-state index in [-0.39, 0.29) is 28.5 Å². The summed E-state index contributed by atoms with van der Waals surface area (Å²) in [5, 5.41) is 1.39. The summed E-state index contributed by atoms with van der Waals surface area (Å²) in [6.45, 7) is 17.4. The molecule has 57 heavy (non-hydrogen) atoms. The van der Waals surface area contributed by atoms with Crippen LogP contribution in [0.1, 0.15) is 96.4 Å². The van der Waals surface area contributed by atoms with Gasteiger partial charge >= 0.3 is 0 Å². The number of aromatic nitrogens is 1. The minimum Gasteiger partial charge on any atom is -0.335 e. The molecule has 0 spiro atoms. The van der Waals surface area contributed by atoms with E-state index in [0.717, 1.165) is 0 Å². The van der Waals surface area contributed by atoms with E-state index in [9.17, 15) is 0 Å². The molecule has 2 atom stereocenters. The summed E-state index contributed by atoms with van der Waals surface area (Å²) in [4.78, 5) is 5.38. The Morgan fingerprint density at radius 1 is 0.632 bits per heavy atom. The monoisotopic (exact) mass is 739 g/mol. The quantitative estimate of drug-likeness (QED) is 0.167. The molecule has 3 nitrogen and oxygen atoms in total. The van der Waals surface area contributed by atoms with Crippen molar-refractivity contribution in [2.45, 2.75) is 95.9 Å². The largest absolute Gasteiger partial charge is 0.335 e. The Kier molecular flexibility index (Phi) is 6.45. The standard InChI is InChI=1S/C53H50BN3/c1-50(2,3)33-29-40-49-42(30-33)54-41-26-18-24-38-45-48(37-23-14-15-25-39(37)51(45,4)5)56(47(38)41)43-31-36(55(34-19-10-8-11-20-34)35-21-12-9-13-22-35)32-44(46(43)54)57(49)53(7)28-17-16-27-52(40,53)6/h8-15,18-26,29-32H,16-17,27-28H2,1-7H3. The third kappa shape index (κ3) is 4.04. The van der Waals surface area contributed by atoms with Crippen LogP contribution in [0.5, 0.6) is 0 Å². The van der Waals surface area contributed by atoms with Crippen LogP contribution in [0.25, 0.3) is 27.8 Å². The van der Waals surface area contributed by atoms with E-state index >= 15 is 0 Å². The van der Waals surface area contributed by atoms with E-state index in [1.54, 1.807) is 5.56 Å². The number of fused-ring (bicyclic) bond motifs is 12. The molecule has 0 amide bonds. The van der Waals surface area contributed by atoms with Gasteiger partial charge in [0.15, 0.2) is 0 Å². The smallest absolute Gasteiger partial charge is 0.252 e. The summed E-state index contributed by atoms with van der Waals surface area (Å²) in [6.07, 6.45) is 4.91. The number of benzene rings is 6. The molecule has 4 heteroatoms. The molecule has 3 aliphatic heterocycles. The van der Waals surface area contributed by atoms with Crippen molar-refractivity contribution in [2.75, 3.05) is 9.80 Å². The Morgan fingerprint density at radius 2 is 1.30 bits per heavy atom. The lowest BCUT2D eigenvalue weighted by Gasteiger charge is -2.52. The first-order valence-electron chi connectivity index (χ1n) is 21.3. The van der Waals surface area contributed by atoms with Crippen molar-refractivity contribution in [1.29, 1.82) is 0 Å². The third-order valence-corrected chi connectivity index (χ3v) is 15.4. The zero-order valence-corrected chi connectivity index (χ0v) is 34.4. The van der Waals surface area contributed by atoms with Crippen LogP contribution in [0.15, 0.2) is 127 Å². The molecule has 0 N–H and O–H groups in total. The van der Waals surface area contributed by atoms with Gasteiger partial charge in [0.05, 0.1) is 16.9 Å². The topological polar surface area (TPSA) is 11.4 Å². The normalized spacial score (nSPS) is 21.5. The summed E-state index contributed by atoms with van der Waals surface area (Å²) in [5.74, 6) is 0. The van der Waals surface area contributed by atoms with Gasteiger partial charge in [0, 0.05) is 55.7 Å². The molecule has 2 unspecified atom stereocenters. The fraction of sp³-hybridized carbons (Fsp3) is 0.283. The average Bonchev–Trinajstić information content (AvgIpc) is 3.76. The third-order valence-electron chi connectivity index (χ3n) is 15.4. The van der Waals surface area contributed by atoms with E-state index in [1.807, 2.05) is 0 Å². The molecule has 0 bridgehead atoms. The molecule has 280 valence electrons. The summed E-state index contributed by atoms with van der Waals surface area (Å²) in [6, 6.07) is 48.8. The van der Waals surface area contributed by atoms with Crippen LogP contribution in [-0.2, 0) is 16.2 Å². The maximum Gasteiger partial charge on any atom is 0.252 e. The van der Waals surface area contributed by atoms with Gasteiger partial charge < -0.3 is 14.4 Å². The van der Waals surface area contributed by atoms with Crippen LogP contribution >= 0.6 is 0 Å². The molecule has 0 saturated heterocycles. The zero-order chi connectivity index (χ0) is 38.8. The molecular formula is C53H50BN3. The number of para-hydroxylation sites is 3. The molecule has 4 heterocycles. The lowest BCUT2D eigenvalue weighted by molar-refractivity contribution is 0.195. The molecule has 2 aliphatic carbocycles. The van der Waals surface area contributed by atoms with Gasteiger partial charge in [0.1, 0.15) is 0 Å². The fourth-order valence-electron chi connectivity index (χ4n) is 12.5. The molecule has 0 radical (unpaired) electrons. The maximum absolute atomic E-state index is 2.89. The van der Waals surface area contributed by atoms with Crippen LogP contribution in [0.2, 0.25) is 0 Å². The summed E-state index contributed by atoms with van der Waals surface area (Å²) in [5.41, 5.74) is 22.0. The van der Waals surface area contributed by atoms with Crippen molar-refractivity contribution in [1.82, 2.24) is 4.57 Å². The van der Waals surface area contributed by atoms with Gasteiger partial charge in [-0.15, -0.1) is 0 Å². The molecule has 7 aromatic rings. The second kappa shape index (κ2) is 10.9. The summed E-state index contributed by atoms with van der Waals surface area (Å²) >= 11 is 0. The van der Waals surface area contributed by atoms with Crippen LogP contribution in [-0.4, -0.2) is 16.8 Å². The van der Waals surface area contributed by atoms with Gasteiger partial charge in [0.2, 0.25) is 0 Å². The predicted molar refractivity (Wildman–Crippen MR) is 242 cm³/mol. The molecule has 1 aromatic heterocycles. The fourth-order valence-corrected chi connectivity index (χ4v) is 12.5. The molecular weight excluding hydrogens is 689 g/mol. The Bertz CT molecular complexity index is 2820. The van der Waals surface area contributed by atoms with Gasteiger partial charge in [-0.3, -0.25) is 0 Å². The van der Waals surface area contributed by atoms with Gasteiger partial charge in [-0.25, -0.2) is 0 Å². The van der Waals surface area contributed by atoms with Crippen LogP contribution in [0.3, 0.4) is 0 Å². The predicted octanol–water partition coefficient (Wildman–Crippen LogP) is 11.6. The lowest BCUT2D eigenvalue weighted by Crippen LogP contribution is -2.64. The minimum atomic E-state index is -0.131. The highest BCUT2D eigenvalue weighted by Gasteiger charge is 2.61. The van der Waals surface area contributed by atoms with Gasteiger partial charge in [0.25, 0.3) is 6.71 Å². The Morgan fingerprint density at radius 3 is 2.02 bits per heavy atom. The number of nitrogens with zero attached hydrogens (tertiary/aromatic N) is 3. The first kappa shape index (κ1) is 33.6. The summed E-state index contributed by atoms with van der Waals surface area (Å²) in [7, 11) is 0. The van der Waals surface area contributed by atoms with E-state index in [4.69, 9.17) is 0 Å². The number of hydrogen-bond acceptors (Lipinski definition) is 2. The SMILES string of the molecule is CC(C)(C)c1cc2c3c(c1)C1(C)CCCCC1(C)N3c1cc(N(c3ccccc3)c3ccccc3)cc3c1B2c1cccc2c4c(n-3c12)-c1ccccc1C4(C)C. The van der Waals surface area contributed by atoms with Crippen LogP contribution in [0.4, 0.5) is 28.4 Å². The van der Waals surface area contributed by atoms with Gasteiger partial charge in [-0.2, -0.15) is 0 Å². The zero-order valence-electron chi connectivity index (χ0n) is 34.4. The Labute approximate surface area is 338 Å². The summed E-state index contributed by atoms with van der Waals surface area (Å²) < 4.78 is 2.72. The number of hydrogen-bond donors (Lipinski definition) is 0. The molecule has 1 fully saturated rings. The molecule has 5 aliphatic rings. The van der Waals surface area contributed by atoms with Gasteiger partial charge in [-0.1, -0.05) is 145 Å². The van der Waals surface area contributed by atoms with E-state index in [1.165, 1.54) is 115 Å². The second-order valence-electron chi connectivity index (χ2n) is 19.7. The van der Waals surface area contributed by atoms with Crippen LogP contribution < -0.4 is 26.2 Å². The number of anilines is 5. The highest BCUT2D eigenvalue weighted by Crippen LogP contribution is 2.63. The van der Waals surface area contributed by atoms with Crippen molar-refractivity contribution >= 4 is 62.4 Å².